The Bertz CT molecular complexity index is 525. The first-order valence-electron chi connectivity index (χ1n) is 6.16. The maximum absolute atomic E-state index is 6.31. The number of aromatic nitrogens is 1. The molecule has 4 heteroatoms. The number of pyridine rings is 1. The summed E-state index contributed by atoms with van der Waals surface area (Å²) >= 11 is 5.09. The molecule has 0 saturated carbocycles. The van der Waals surface area contributed by atoms with Crippen molar-refractivity contribution < 1.29 is 0 Å². The molecule has 2 atom stereocenters. The summed E-state index contributed by atoms with van der Waals surface area (Å²) in [5.74, 6) is 0. The third-order valence-corrected chi connectivity index (χ3v) is 4.59. The standard InChI is InChI=1S/C15H17BrN2S/c1-10-3-5-12(6-4-10)15(17)11(2)19-14-8-7-13(16)9-18-14/h3-9,11,15H,17H2,1-2H3. The van der Waals surface area contributed by atoms with E-state index in [1.165, 1.54) is 11.1 Å². The number of halogens is 1. The van der Waals surface area contributed by atoms with E-state index in [0.29, 0.717) is 0 Å². The van der Waals surface area contributed by atoms with Gasteiger partial charge in [-0.3, -0.25) is 0 Å². The second kappa shape index (κ2) is 6.55. The molecule has 0 aliphatic carbocycles. The SMILES string of the molecule is Cc1ccc(C(N)C(C)Sc2ccc(Br)cn2)cc1. The van der Waals surface area contributed by atoms with Crippen LogP contribution in [0, 0.1) is 6.92 Å². The Hall–Kier alpha value is -0.840. The molecule has 1 aromatic heterocycles. The van der Waals surface area contributed by atoms with E-state index in [0.717, 1.165) is 9.50 Å². The van der Waals surface area contributed by atoms with E-state index in [1.807, 2.05) is 18.3 Å². The molecular formula is C15H17BrN2S. The topological polar surface area (TPSA) is 38.9 Å². The van der Waals surface area contributed by atoms with Gasteiger partial charge in [0.25, 0.3) is 0 Å². The van der Waals surface area contributed by atoms with Crippen molar-refractivity contribution in [2.24, 2.45) is 5.73 Å². The fourth-order valence-corrected chi connectivity index (χ4v) is 2.93. The summed E-state index contributed by atoms with van der Waals surface area (Å²) in [7, 11) is 0. The van der Waals surface area contributed by atoms with E-state index >= 15 is 0 Å². The van der Waals surface area contributed by atoms with Crippen LogP contribution < -0.4 is 5.73 Å². The molecule has 0 aliphatic heterocycles. The average molecular weight is 337 g/mol. The van der Waals surface area contributed by atoms with Gasteiger partial charge in [0.1, 0.15) is 0 Å². The van der Waals surface area contributed by atoms with Gasteiger partial charge in [-0.25, -0.2) is 4.98 Å². The van der Waals surface area contributed by atoms with Crippen LogP contribution in [0.25, 0.3) is 0 Å². The number of nitrogens with two attached hydrogens (primary N) is 1. The molecule has 100 valence electrons. The highest BCUT2D eigenvalue weighted by molar-refractivity contribution is 9.10. The normalized spacial score (nSPS) is 14.1. The second-order valence-electron chi connectivity index (χ2n) is 4.57. The van der Waals surface area contributed by atoms with Crippen molar-refractivity contribution in [3.63, 3.8) is 0 Å². The minimum absolute atomic E-state index is 0.0102. The van der Waals surface area contributed by atoms with Crippen LogP contribution >= 0.6 is 27.7 Å². The van der Waals surface area contributed by atoms with Crippen LogP contribution in [0.2, 0.25) is 0 Å². The second-order valence-corrected chi connectivity index (χ2v) is 6.89. The summed E-state index contributed by atoms with van der Waals surface area (Å²) in [6, 6.07) is 12.4. The van der Waals surface area contributed by atoms with Crippen molar-refractivity contribution in [3.05, 3.63) is 58.2 Å². The van der Waals surface area contributed by atoms with Gasteiger partial charge in [-0.2, -0.15) is 0 Å². The Balaban J connectivity index is 2.04. The summed E-state index contributed by atoms with van der Waals surface area (Å²) < 4.78 is 0.993. The number of hydrogen-bond donors (Lipinski definition) is 1. The Morgan fingerprint density at radius 1 is 1.16 bits per heavy atom. The zero-order valence-electron chi connectivity index (χ0n) is 11.0. The average Bonchev–Trinajstić information content (AvgIpc) is 2.41. The van der Waals surface area contributed by atoms with Gasteiger partial charge < -0.3 is 5.73 Å². The van der Waals surface area contributed by atoms with Crippen LogP contribution in [0.1, 0.15) is 24.1 Å². The molecule has 0 saturated heterocycles. The lowest BCUT2D eigenvalue weighted by molar-refractivity contribution is 0.713. The molecule has 2 aromatic rings. The molecule has 2 N–H and O–H groups in total. The van der Waals surface area contributed by atoms with Crippen LogP contribution in [0.5, 0.6) is 0 Å². The molecule has 1 heterocycles. The summed E-state index contributed by atoms with van der Waals surface area (Å²) in [6.45, 7) is 4.22. The molecule has 0 fully saturated rings. The van der Waals surface area contributed by atoms with Gasteiger partial charge in [0.05, 0.1) is 5.03 Å². The van der Waals surface area contributed by atoms with Crippen molar-refractivity contribution in [1.82, 2.24) is 4.98 Å². The molecule has 0 aliphatic rings. The zero-order valence-corrected chi connectivity index (χ0v) is 13.4. The van der Waals surface area contributed by atoms with Crippen molar-refractivity contribution in [1.29, 1.82) is 0 Å². The van der Waals surface area contributed by atoms with E-state index < -0.39 is 0 Å². The van der Waals surface area contributed by atoms with E-state index in [1.54, 1.807) is 11.8 Å². The van der Waals surface area contributed by atoms with Gasteiger partial charge in [0.15, 0.2) is 0 Å². The maximum atomic E-state index is 6.31. The zero-order chi connectivity index (χ0) is 13.8. The van der Waals surface area contributed by atoms with E-state index in [4.69, 9.17) is 5.73 Å². The predicted molar refractivity (Wildman–Crippen MR) is 85.4 cm³/mol. The molecule has 0 radical (unpaired) electrons. The van der Waals surface area contributed by atoms with Crippen LogP contribution in [0.4, 0.5) is 0 Å². The van der Waals surface area contributed by atoms with Gasteiger partial charge in [-0.05, 0) is 40.5 Å². The molecule has 1 aromatic carbocycles. The molecule has 0 amide bonds. The van der Waals surface area contributed by atoms with Crippen LogP contribution in [-0.2, 0) is 0 Å². The Morgan fingerprint density at radius 3 is 2.42 bits per heavy atom. The van der Waals surface area contributed by atoms with Gasteiger partial charge in [-0.1, -0.05) is 36.8 Å². The highest BCUT2D eigenvalue weighted by atomic mass is 79.9. The van der Waals surface area contributed by atoms with Crippen molar-refractivity contribution in [3.8, 4) is 0 Å². The largest absolute Gasteiger partial charge is 0.323 e. The number of rotatable bonds is 4. The maximum Gasteiger partial charge on any atom is 0.0963 e. The Morgan fingerprint density at radius 2 is 1.84 bits per heavy atom. The van der Waals surface area contributed by atoms with Gasteiger partial charge in [0.2, 0.25) is 0 Å². The van der Waals surface area contributed by atoms with Gasteiger partial charge >= 0.3 is 0 Å². The smallest absolute Gasteiger partial charge is 0.0963 e. The third-order valence-electron chi connectivity index (χ3n) is 2.97. The number of hydrogen-bond acceptors (Lipinski definition) is 3. The summed E-state index contributed by atoms with van der Waals surface area (Å²) in [4.78, 5) is 4.37. The lowest BCUT2D eigenvalue weighted by Gasteiger charge is -2.19. The van der Waals surface area contributed by atoms with E-state index in [-0.39, 0.29) is 11.3 Å². The first-order valence-corrected chi connectivity index (χ1v) is 7.84. The Kier molecular flexibility index (Phi) is 5.02. The fourth-order valence-electron chi connectivity index (χ4n) is 1.76. The van der Waals surface area contributed by atoms with Crippen molar-refractivity contribution in [2.45, 2.75) is 30.2 Å². The first kappa shape index (κ1) is 14.6. The van der Waals surface area contributed by atoms with Crippen LogP contribution in [0.3, 0.4) is 0 Å². The molecule has 2 nitrogen and oxygen atoms in total. The number of benzene rings is 1. The summed E-state index contributed by atoms with van der Waals surface area (Å²) in [6.07, 6.45) is 1.81. The molecule has 2 unspecified atom stereocenters. The van der Waals surface area contributed by atoms with Crippen LogP contribution in [-0.4, -0.2) is 10.2 Å². The number of nitrogens with zero attached hydrogens (tertiary/aromatic N) is 1. The number of aryl methyl sites for hydroxylation is 1. The van der Waals surface area contributed by atoms with Crippen molar-refractivity contribution >= 4 is 27.7 Å². The molecule has 0 spiro atoms. The summed E-state index contributed by atoms with van der Waals surface area (Å²) in [5, 5.41) is 1.27. The minimum Gasteiger partial charge on any atom is -0.323 e. The molecule has 0 bridgehead atoms. The lowest BCUT2D eigenvalue weighted by atomic mass is 10.0. The van der Waals surface area contributed by atoms with Crippen molar-refractivity contribution in [2.75, 3.05) is 0 Å². The first-order chi connectivity index (χ1) is 9.06. The third kappa shape index (κ3) is 4.06. The highest BCUT2D eigenvalue weighted by Crippen LogP contribution is 2.29. The van der Waals surface area contributed by atoms with E-state index in [2.05, 4.69) is 59.0 Å². The monoisotopic (exact) mass is 336 g/mol. The Labute approximate surface area is 126 Å². The fraction of sp³-hybridized carbons (Fsp3) is 0.267. The predicted octanol–water partition coefficient (Wildman–Crippen LogP) is 4.33. The molecule has 2 rings (SSSR count). The minimum atomic E-state index is 0.0102. The molecular weight excluding hydrogens is 320 g/mol. The van der Waals surface area contributed by atoms with Gasteiger partial charge in [0, 0.05) is 22.0 Å². The number of thioether (sulfide) groups is 1. The van der Waals surface area contributed by atoms with E-state index in [9.17, 15) is 0 Å². The highest BCUT2D eigenvalue weighted by Gasteiger charge is 2.16. The quantitative estimate of drug-likeness (QED) is 0.844. The summed E-state index contributed by atoms with van der Waals surface area (Å²) in [5.41, 5.74) is 8.73. The molecule has 19 heavy (non-hydrogen) atoms. The van der Waals surface area contributed by atoms with Crippen LogP contribution in [0.15, 0.2) is 52.1 Å². The van der Waals surface area contributed by atoms with Gasteiger partial charge in [-0.15, -0.1) is 11.8 Å². The lowest BCUT2D eigenvalue weighted by Crippen LogP contribution is -2.21.